The number of primary amides is 1. The Kier molecular flexibility index (Phi) is 3.97. The second-order valence-electron chi connectivity index (χ2n) is 4.65. The number of nitriles is 1. The zero-order chi connectivity index (χ0) is 13.7. The van der Waals surface area contributed by atoms with Crippen LogP contribution in [-0.4, -0.2) is 30.6 Å². The predicted octanol–water partition coefficient (Wildman–Crippen LogP) is 0.647. The third-order valence-electron chi connectivity index (χ3n) is 3.47. The number of anilines is 1. The summed E-state index contributed by atoms with van der Waals surface area (Å²) in [7, 11) is 0. The summed E-state index contributed by atoms with van der Waals surface area (Å²) in [6.07, 6.45) is 2.77. The van der Waals surface area contributed by atoms with Gasteiger partial charge in [-0.15, -0.1) is 0 Å². The SMILES string of the molecule is N#Cc1ccnc(NCC2(C(N)=O)CCOCC2)c1. The maximum absolute atomic E-state index is 11.7. The topological polar surface area (TPSA) is 101 Å². The van der Waals surface area contributed by atoms with Gasteiger partial charge in [0.05, 0.1) is 17.0 Å². The first kappa shape index (κ1) is 13.3. The van der Waals surface area contributed by atoms with E-state index >= 15 is 0 Å². The number of carbonyl (C=O) groups excluding carboxylic acids is 1. The van der Waals surface area contributed by atoms with Crippen LogP contribution in [-0.2, 0) is 9.53 Å². The van der Waals surface area contributed by atoms with Crippen molar-refractivity contribution in [2.24, 2.45) is 11.1 Å². The molecule has 19 heavy (non-hydrogen) atoms. The molecule has 2 heterocycles. The molecule has 0 aromatic carbocycles. The lowest BCUT2D eigenvalue weighted by Crippen LogP contribution is -2.46. The van der Waals surface area contributed by atoms with Crippen LogP contribution in [0.25, 0.3) is 0 Å². The Balaban J connectivity index is 2.06. The molecule has 1 aliphatic heterocycles. The summed E-state index contributed by atoms with van der Waals surface area (Å²) in [5, 5.41) is 11.9. The van der Waals surface area contributed by atoms with Gasteiger partial charge in [0.1, 0.15) is 5.82 Å². The fourth-order valence-corrected chi connectivity index (χ4v) is 2.13. The zero-order valence-electron chi connectivity index (χ0n) is 10.6. The molecule has 1 aromatic rings. The van der Waals surface area contributed by atoms with Gasteiger partial charge >= 0.3 is 0 Å². The molecule has 1 aliphatic rings. The van der Waals surface area contributed by atoms with Gasteiger partial charge in [0.25, 0.3) is 0 Å². The molecule has 1 fully saturated rings. The lowest BCUT2D eigenvalue weighted by molar-refractivity contribution is -0.132. The number of nitrogens with zero attached hydrogens (tertiary/aromatic N) is 2. The summed E-state index contributed by atoms with van der Waals surface area (Å²) in [5.41, 5.74) is 5.45. The normalized spacial score (nSPS) is 17.4. The van der Waals surface area contributed by atoms with Gasteiger partial charge in [-0.1, -0.05) is 0 Å². The van der Waals surface area contributed by atoms with E-state index in [1.165, 1.54) is 0 Å². The molecule has 0 bridgehead atoms. The molecule has 2 rings (SSSR count). The number of nitrogens with one attached hydrogen (secondary N) is 1. The van der Waals surface area contributed by atoms with Gasteiger partial charge in [-0.05, 0) is 25.0 Å². The molecule has 6 heteroatoms. The Morgan fingerprint density at radius 3 is 2.95 bits per heavy atom. The maximum atomic E-state index is 11.7. The Morgan fingerprint density at radius 2 is 2.32 bits per heavy atom. The lowest BCUT2D eigenvalue weighted by Gasteiger charge is -2.34. The van der Waals surface area contributed by atoms with Gasteiger partial charge in [-0.25, -0.2) is 4.98 Å². The summed E-state index contributed by atoms with van der Waals surface area (Å²) >= 11 is 0. The third-order valence-corrected chi connectivity index (χ3v) is 3.47. The Bertz CT molecular complexity index is 504. The van der Waals surface area contributed by atoms with Crippen LogP contribution < -0.4 is 11.1 Å². The molecule has 0 aliphatic carbocycles. The molecule has 6 nitrogen and oxygen atoms in total. The summed E-state index contributed by atoms with van der Waals surface area (Å²) < 4.78 is 5.27. The van der Waals surface area contributed by atoms with Crippen LogP contribution >= 0.6 is 0 Å². The van der Waals surface area contributed by atoms with Crippen LogP contribution in [0.5, 0.6) is 0 Å². The average Bonchev–Trinajstić information content (AvgIpc) is 2.46. The number of carbonyl (C=O) groups is 1. The van der Waals surface area contributed by atoms with Crippen molar-refractivity contribution >= 4 is 11.7 Å². The van der Waals surface area contributed by atoms with Crippen LogP contribution in [0.15, 0.2) is 18.3 Å². The largest absolute Gasteiger partial charge is 0.381 e. The molecule has 1 aromatic heterocycles. The van der Waals surface area contributed by atoms with E-state index < -0.39 is 5.41 Å². The highest BCUT2D eigenvalue weighted by atomic mass is 16.5. The number of amides is 1. The van der Waals surface area contributed by atoms with Crippen molar-refractivity contribution in [3.05, 3.63) is 23.9 Å². The molecule has 0 unspecified atom stereocenters. The fraction of sp³-hybridized carbons (Fsp3) is 0.462. The van der Waals surface area contributed by atoms with Gasteiger partial charge in [-0.3, -0.25) is 4.79 Å². The van der Waals surface area contributed by atoms with Crippen molar-refractivity contribution in [3.8, 4) is 6.07 Å². The Hall–Kier alpha value is -2.13. The number of rotatable bonds is 4. The standard InChI is InChI=1S/C13H16N4O2/c14-8-10-1-4-16-11(7-10)17-9-13(12(15)18)2-5-19-6-3-13/h1,4,7H,2-3,5-6,9H2,(H2,15,18)(H,16,17). The highest BCUT2D eigenvalue weighted by Gasteiger charge is 2.38. The number of hydrogen-bond acceptors (Lipinski definition) is 5. The van der Waals surface area contributed by atoms with Crippen molar-refractivity contribution < 1.29 is 9.53 Å². The quantitative estimate of drug-likeness (QED) is 0.827. The molecule has 0 saturated carbocycles. The van der Waals surface area contributed by atoms with E-state index in [0.29, 0.717) is 44.0 Å². The van der Waals surface area contributed by atoms with Gasteiger partial charge in [-0.2, -0.15) is 5.26 Å². The molecule has 1 amide bonds. The molecule has 100 valence electrons. The van der Waals surface area contributed by atoms with Crippen molar-refractivity contribution in [3.63, 3.8) is 0 Å². The van der Waals surface area contributed by atoms with E-state index in [1.807, 2.05) is 6.07 Å². The molecular formula is C13H16N4O2. The summed E-state index contributed by atoms with van der Waals surface area (Å²) in [6, 6.07) is 5.32. The molecule has 1 saturated heterocycles. The summed E-state index contributed by atoms with van der Waals surface area (Å²) in [5.74, 6) is 0.255. The van der Waals surface area contributed by atoms with Crippen molar-refractivity contribution in [2.75, 3.05) is 25.1 Å². The van der Waals surface area contributed by atoms with Gasteiger partial charge in [0.15, 0.2) is 0 Å². The first-order valence-corrected chi connectivity index (χ1v) is 6.14. The summed E-state index contributed by atoms with van der Waals surface area (Å²) in [6.45, 7) is 1.49. The fourth-order valence-electron chi connectivity index (χ4n) is 2.13. The second kappa shape index (κ2) is 5.67. The van der Waals surface area contributed by atoms with E-state index in [-0.39, 0.29) is 5.91 Å². The number of hydrogen-bond donors (Lipinski definition) is 2. The smallest absolute Gasteiger partial charge is 0.225 e. The minimum atomic E-state index is -0.595. The van der Waals surface area contributed by atoms with Crippen molar-refractivity contribution in [1.29, 1.82) is 5.26 Å². The molecular weight excluding hydrogens is 244 g/mol. The number of aromatic nitrogens is 1. The average molecular weight is 260 g/mol. The lowest BCUT2D eigenvalue weighted by atomic mass is 9.79. The first-order valence-electron chi connectivity index (χ1n) is 6.14. The van der Waals surface area contributed by atoms with Crippen LogP contribution in [0.3, 0.4) is 0 Å². The minimum Gasteiger partial charge on any atom is -0.381 e. The molecule has 3 N–H and O–H groups in total. The highest BCUT2D eigenvalue weighted by Crippen LogP contribution is 2.30. The monoisotopic (exact) mass is 260 g/mol. The Morgan fingerprint density at radius 1 is 1.58 bits per heavy atom. The molecule has 0 atom stereocenters. The zero-order valence-corrected chi connectivity index (χ0v) is 10.6. The van der Waals surface area contributed by atoms with E-state index in [0.717, 1.165) is 0 Å². The van der Waals surface area contributed by atoms with Crippen LogP contribution in [0.4, 0.5) is 5.82 Å². The highest BCUT2D eigenvalue weighted by molar-refractivity contribution is 5.81. The van der Waals surface area contributed by atoms with E-state index in [9.17, 15) is 4.79 Å². The number of pyridine rings is 1. The van der Waals surface area contributed by atoms with E-state index in [2.05, 4.69) is 10.3 Å². The van der Waals surface area contributed by atoms with Crippen LogP contribution in [0.1, 0.15) is 18.4 Å². The van der Waals surface area contributed by atoms with Gasteiger partial charge < -0.3 is 15.8 Å². The van der Waals surface area contributed by atoms with Crippen molar-refractivity contribution in [2.45, 2.75) is 12.8 Å². The van der Waals surface area contributed by atoms with Gasteiger partial charge in [0.2, 0.25) is 5.91 Å². The minimum absolute atomic E-state index is 0.320. The Labute approximate surface area is 111 Å². The van der Waals surface area contributed by atoms with E-state index in [1.54, 1.807) is 18.3 Å². The number of nitrogens with two attached hydrogens (primary N) is 1. The summed E-state index contributed by atoms with van der Waals surface area (Å²) in [4.78, 5) is 15.8. The second-order valence-corrected chi connectivity index (χ2v) is 4.65. The van der Waals surface area contributed by atoms with Crippen LogP contribution in [0.2, 0.25) is 0 Å². The van der Waals surface area contributed by atoms with Gasteiger partial charge in [0, 0.05) is 26.0 Å². The van der Waals surface area contributed by atoms with E-state index in [4.69, 9.17) is 15.7 Å². The third kappa shape index (κ3) is 3.01. The van der Waals surface area contributed by atoms with Crippen molar-refractivity contribution in [1.82, 2.24) is 4.98 Å². The predicted molar refractivity (Wildman–Crippen MR) is 69.1 cm³/mol. The maximum Gasteiger partial charge on any atom is 0.225 e. The first-order chi connectivity index (χ1) is 9.16. The molecule has 0 radical (unpaired) electrons. The number of ether oxygens (including phenoxy) is 1. The van der Waals surface area contributed by atoms with Crippen LogP contribution in [0, 0.1) is 16.7 Å². The molecule has 0 spiro atoms.